The molecule has 1 fully saturated rings. The molecule has 3 rings (SSSR count). The second-order valence-corrected chi connectivity index (χ2v) is 8.34. The summed E-state index contributed by atoms with van der Waals surface area (Å²) in [4.78, 5) is 4.61. The lowest BCUT2D eigenvalue weighted by atomic mass is 9.96. The van der Waals surface area contributed by atoms with Crippen LogP contribution >= 0.6 is 39.9 Å². The third kappa shape index (κ3) is 5.48. The minimum Gasteiger partial charge on any atom is -0.383 e. The maximum absolute atomic E-state index is 10.7. The number of aliphatic imine (C=N–C) groups is 1. The molecule has 154 valence electrons. The highest BCUT2D eigenvalue weighted by molar-refractivity contribution is 14.0. The SMILES string of the molecule is CCNC(=NCC(C)(O)c1cnn(C)c1)NCC1(c2ccccc2Br)CC1.I. The maximum atomic E-state index is 10.7. The van der Waals surface area contributed by atoms with Crippen LogP contribution in [-0.4, -0.2) is 40.5 Å². The van der Waals surface area contributed by atoms with Crippen molar-refractivity contribution in [2.45, 2.75) is 37.7 Å². The smallest absolute Gasteiger partial charge is 0.191 e. The second kappa shape index (κ2) is 9.58. The van der Waals surface area contributed by atoms with E-state index >= 15 is 0 Å². The van der Waals surface area contributed by atoms with E-state index in [1.165, 1.54) is 5.56 Å². The van der Waals surface area contributed by atoms with Crippen molar-refractivity contribution >= 4 is 45.9 Å². The molecule has 1 unspecified atom stereocenters. The number of aromatic nitrogens is 2. The average Bonchev–Trinajstić information content (AvgIpc) is 3.29. The van der Waals surface area contributed by atoms with Gasteiger partial charge in [0.1, 0.15) is 5.60 Å². The summed E-state index contributed by atoms with van der Waals surface area (Å²) < 4.78 is 2.84. The summed E-state index contributed by atoms with van der Waals surface area (Å²) in [5.74, 6) is 0.722. The summed E-state index contributed by atoms with van der Waals surface area (Å²) in [6.45, 7) is 5.65. The summed E-state index contributed by atoms with van der Waals surface area (Å²) in [7, 11) is 1.84. The van der Waals surface area contributed by atoms with Gasteiger partial charge in [0, 0.05) is 41.8 Å². The molecule has 1 atom stereocenters. The van der Waals surface area contributed by atoms with Crippen LogP contribution in [0.1, 0.15) is 37.8 Å². The number of aliphatic hydroxyl groups is 1. The topological polar surface area (TPSA) is 74.5 Å². The molecular weight excluding hydrogens is 533 g/mol. The van der Waals surface area contributed by atoms with E-state index in [1.807, 2.05) is 26.2 Å². The predicted molar refractivity (Wildman–Crippen MR) is 127 cm³/mol. The number of hydrogen-bond acceptors (Lipinski definition) is 3. The Labute approximate surface area is 192 Å². The van der Waals surface area contributed by atoms with E-state index in [0.717, 1.165) is 41.9 Å². The molecular formula is C20H29BrIN5O. The van der Waals surface area contributed by atoms with Crippen molar-refractivity contribution in [1.29, 1.82) is 0 Å². The van der Waals surface area contributed by atoms with Gasteiger partial charge in [0.2, 0.25) is 0 Å². The molecule has 1 aliphatic carbocycles. The highest BCUT2D eigenvalue weighted by Crippen LogP contribution is 2.49. The molecule has 1 saturated carbocycles. The quantitative estimate of drug-likeness (QED) is 0.275. The number of hydrogen-bond donors (Lipinski definition) is 3. The van der Waals surface area contributed by atoms with Gasteiger partial charge in [0.25, 0.3) is 0 Å². The summed E-state index contributed by atoms with van der Waals surface area (Å²) in [6.07, 6.45) is 5.83. The monoisotopic (exact) mass is 561 g/mol. The zero-order chi connectivity index (χ0) is 19.5. The molecule has 8 heteroatoms. The molecule has 6 nitrogen and oxygen atoms in total. The second-order valence-electron chi connectivity index (χ2n) is 7.49. The molecule has 1 aliphatic rings. The first kappa shape index (κ1) is 23.2. The molecule has 0 amide bonds. The fourth-order valence-corrected chi connectivity index (χ4v) is 3.91. The zero-order valence-electron chi connectivity index (χ0n) is 16.6. The van der Waals surface area contributed by atoms with Gasteiger partial charge in [-0.15, -0.1) is 24.0 Å². The van der Waals surface area contributed by atoms with Crippen LogP contribution in [-0.2, 0) is 18.1 Å². The van der Waals surface area contributed by atoms with Crippen molar-refractivity contribution in [1.82, 2.24) is 20.4 Å². The molecule has 28 heavy (non-hydrogen) atoms. The van der Waals surface area contributed by atoms with Crippen LogP contribution in [0, 0.1) is 0 Å². The van der Waals surface area contributed by atoms with E-state index in [0.29, 0.717) is 0 Å². The van der Waals surface area contributed by atoms with Gasteiger partial charge in [-0.05, 0) is 38.3 Å². The number of benzene rings is 1. The van der Waals surface area contributed by atoms with Gasteiger partial charge in [-0.2, -0.15) is 5.10 Å². The number of nitrogens with one attached hydrogen (secondary N) is 2. The van der Waals surface area contributed by atoms with Crippen molar-refractivity contribution in [2.75, 3.05) is 19.6 Å². The lowest BCUT2D eigenvalue weighted by Gasteiger charge is -2.22. The molecule has 3 N–H and O–H groups in total. The number of guanidine groups is 1. The summed E-state index contributed by atoms with van der Waals surface area (Å²) in [5.41, 5.74) is 1.20. The highest BCUT2D eigenvalue weighted by Gasteiger charge is 2.45. The normalized spacial score (nSPS) is 17.4. The van der Waals surface area contributed by atoms with Gasteiger partial charge in [0.05, 0.1) is 12.7 Å². The minimum atomic E-state index is -1.06. The molecule has 0 saturated heterocycles. The summed E-state index contributed by atoms with van der Waals surface area (Å²) >= 11 is 3.68. The van der Waals surface area contributed by atoms with Crippen LogP contribution < -0.4 is 10.6 Å². The Morgan fingerprint density at radius 2 is 2.07 bits per heavy atom. The van der Waals surface area contributed by atoms with E-state index < -0.39 is 5.60 Å². The van der Waals surface area contributed by atoms with Gasteiger partial charge < -0.3 is 15.7 Å². The van der Waals surface area contributed by atoms with Crippen molar-refractivity contribution in [2.24, 2.45) is 12.0 Å². The molecule has 2 aromatic rings. The predicted octanol–water partition coefficient (Wildman–Crippen LogP) is 3.30. The van der Waals surface area contributed by atoms with Gasteiger partial charge in [-0.1, -0.05) is 34.1 Å². The number of nitrogens with zero attached hydrogens (tertiary/aromatic N) is 3. The van der Waals surface area contributed by atoms with Crippen molar-refractivity contribution in [3.63, 3.8) is 0 Å². The van der Waals surface area contributed by atoms with Gasteiger partial charge in [0.15, 0.2) is 5.96 Å². The summed E-state index contributed by atoms with van der Waals surface area (Å²) in [6, 6.07) is 8.42. The molecule has 0 bridgehead atoms. The van der Waals surface area contributed by atoms with Crippen LogP contribution in [0.2, 0.25) is 0 Å². The Morgan fingerprint density at radius 3 is 2.64 bits per heavy atom. The van der Waals surface area contributed by atoms with Crippen LogP contribution in [0.25, 0.3) is 0 Å². The van der Waals surface area contributed by atoms with Gasteiger partial charge in [-0.3, -0.25) is 4.68 Å². The molecule has 0 spiro atoms. The third-order valence-electron chi connectivity index (χ3n) is 5.11. The first-order valence-corrected chi connectivity index (χ1v) is 10.1. The fraction of sp³-hybridized carbons (Fsp3) is 0.500. The maximum Gasteiger partial charge on any atom is 0.191 e. The lowest BCUT2D eigenvalue weighted by Crippen LogP contribution is -2.42. The van der Waals surface area contributed by atoms with Crippen molar-refractivity contribution in [3.05, 3.63) is 52.3 Å². The van der Waals surface area contributed by atoms with Crippen molar-refractivity contribution < 1.29 is 5.11 Å². The van der Waals surface area contributed by atoms with Crippen LogP contribution in [0.3, 0.4) is 0 Å². The Morgan fingerprint density at radius 1 is 1.36 bits per heavy atom. The van der Waals surface area contributed by atoms with Gasteiger partial charge >= 0.3 is 0 Å². The minimum absolute atomic E-state index is 0. The lowest BCUT2D eigenvalue weighted by molar-refractivity contribution is 0.0672. The first-order valence-electron chi connectivity index (χ1n) is 9.35. The number of aryl methyl sites for hydroxylation is 1. The molecule has 1 aromatic heterocycles. The molecule has 1 heterocycles. The van der Waals surface area contributed by atoms with Crippen LogP contribution in [0.5, 0.6) is 0 Å². The van der Waals surface area contributed by atoms with E-state index in [4.69, 9.17) is 0 Å². The number of halogens is 2. The Hall–Kier alpha value is -1.13. The standard InChI is InChI=1S/C20H28BrN5O.HI/c1-4-22-18(23-13-19(2,27)15-11-25-26(3)12-15)24-14-20(9-10-20)16-7-5-6-8-17(16)21;/h5-8,11-12,27H,4,9-10,13-14H2,1-3H3,(H2,22,23,24);1H. The average molecular weight is 562 g/mol. The van der Waals surface area contributed by atoms with Crippen molar-refractivity contribution in [3.8, 4) is 0 Å². The fourth-order valence-electron chi connectivity index (χ4n) is 3.20. The van der Waals surface area contributed by atoms with E-state index in [9.17, 15) is 5.11 Å². The molecule has 1 aromatic carbocycles. The summed E-state index contributed by atoms with van der Waals surface area (Å²) in [5, 5.41) is 21.6. The third-order valence-corrected chi connectivity index (χ3v) is 5.80. The van der Waals surface area contributed by atoms with Crippen LogP contribution in [0.15, 0.2) is 46.1 Å². The molecule has 0 aliphatic heterocycles. The van der Waals surface area contributed by atoms with E-state index in [-0.39, 0.29) is 35.9 Å². The Balaban J connectivity index is 0.00000280. The first-order chi connectivity index (χ1) is 12.9. The highest BCUT2D eigenvalue weighted by atomic mass is 127. The molecule has 0 radical (unpaired) electrons. The van der Waals surface area contributed by atoms with Gasteiger partial charge in [-0.25, -0.2) is 4.99 Å². The Bertz CT molecular complexity index is 816. The number of rotatable bonds is 7. The largest absolute Gasteiger partial charge is 0.383 e. The van der Waals surface area contributed by atoms with E-state index in [2.05, 4.69) is 54.9 Å². The van der Waals surface area contributed by atoms with E-state index in [1.54, 1.807) is 17.8 Å². The Kier molecular flexibility index (Phi) is 7.92. The zero-order valence-corrected chi connectivity index (χ0v) is 20.5. The van der Waals surface area contributed by atoms with Crippen LogP contribution in [0.4, 0.5) is 0 Å².